The largest absolute Gasteiger partial charge is 0.495 e. The molecular formula is C14H17N3O3S. The fourth-order valence-corrected chi connectivity index (χ4v) is 3.15. The Morgan fingerprint density at radius 2 is 1.90 bits per heavy atom. The first-order chi connectivity index (χ1) is 10.1. The Balaban J connectivity index is 2.40. The molecule has 0 saturated heterocycles. The molecule has 0 amide bonds. The number of nitrogens with one attached hydrogen (secondary N) is 2. The van der Waals surface area contributed by atoms with Gasteiger partial charge < -0.3 is 10.1 Å². The van der Waals surface area contributed by atoms with Crippen molar-refractivity contribution in [1.29, 1.82) is 0 Å². The van der Waals surface area contributed by atoms with Crippen LogP contribution in [0, 0.1) is 0 Å². The van der Waals surface area contributed by atoms with Crippen LogP contribution in [0.4, 0.5) is 5.69 Å². The molecule has 0 aliphatic rings. The molecule has 0 unspecified atom stereocenters. The molecule has 0 aliphatic heterocycles. The number of anilines is 1. The summed E-state index contributed by atoms with van der Waals surface area (Å²) in [6, 6.07) is 8.23. The molecule has 21 heavy (non-hydrogen) atoms. The monoisotopic (exact) mass is 307 g/mol. The van der Waals surface area contributed by atoms with Gasteiger partial charge in [-0.25, -0.2) is 8.42 Å². The minimum absolute atomic E-state index is 0.106. The zero-order chi connectivity index (χ0) is 15.3. The lowest BCUT2D eigenvalue weighted by atomic mass is 10.2. The second-order valence-electron chi connectivity index (χ2n) is 4.36. The van der Waals surface area contributed by atoms with Gasteiger partial charge in [0, 0.05) is 18.9 Å². The topological polar surface area (TPSA) is 80.3 Å². The van der Waals surface area contributed by atoms with Gasteiger partial charge in [-0.15, -0.1) is 0 Å². The van der Waals surface area contributed by atoms with Crippen LogP contribution in [0.2, 0.25) is 0 Å². The van der Waals surface area contributed by atoms with Gasteiger partial charge in [0.05, 0.1) is 12.8 Å². The Labute approximate surface area is 124 Å². The lowest BCUT2D eigenvalue weighted by Gasteiger charge is -2.13. The molecule has 0 atom stereocenters. The third-order valence-corrected chi connectivity index (χ3v) is 4.23. The summed E-state index contributed by atoms with van der Waals surface area (Å²) in [6.45, 7) is 0.571. The molecule has 0 bridgehead atoms. The van der Waals surface area contributed by atoms with E-state index in [4.69, 9.17) is 4.74 Å². The molecule has 0 radical (unpaired) electrons. The van der Waals surface area contributed by atoms with Gasteiger partial charge in [-0.05, 0) is 36.9 Å². The molecule has 1 heterocycles. The number of aromatic nitrogens is 1. The van der Waals surface area contributed by atoms with Gasteiger partial charge in [-0.2, -0.15) is 0 Å². The van der Waals surface area contributed by atoms with Crippen molar-refractivity contribution in [3.05, 3.63) is 48.3 Å². The number of rotatable bonds is 6. The van der Waals surface area contributed by atoms with Crippen molar-refractivity contribution in [2.24, 2.45) is 0 Å². The maximum Gasteiger partial charge on any atom is 0.265 e. The zero-order valence-corrected chi connectivity index (χ0v) is 12.6. The van der Waals surface area contributed by atoms with Gasteiger partial charge in [-0.1, -0.05) is 6.07 Å². The maximum absolute atomic E-state index is 12.5. The van der Waals surface area contributed by atoms with Crippen molar-refractivity contribution in [2.45, 2.75) is 11.4 Å². The van der Waals surface area contributed by atoms with Crippen LogP contribution >= 0.6 is 0 Å². The van der Waals surface area contributed by atoms with Crippen molar-refractivity contribution in [3.63, 3.8) is 0 Å². The van der Waals surface area contributed by atoms with E-state index < -0.39 is 10.0 Å². The highest BCUT2D eigenvalue weighted by atomic mass is 32.2. The summed E-state index contributed by atoms with van der Waals surface area (Å²) in [6.07, 6.45) is 3.04. The van der Waals surface area contributed by atoms with Crippen molar-refractivity contribution in [3.8, 4) is 5.75 Å². The van der Waals surface area contributed by atoms with Crippen LogP contribution in [0.15, 0.2) is 47.6 Å². The summed E-state index contributed by atoms with van der Waals surface area (Å²) in [7, 11) is -0.485. The average Bonchev–Trinajstić information content (AvgIpc) is 2.48. The molecule has 6 nitrogen and oxygen atoms in total. The van der Waals surface area contributed by atoms with E-state index in [1.807, 2.05) is 6.07 Å². The highest BCUT2D eigenvalue weighted by Gasteiger charge is 2.20. The SMILES string of the molecule is CNCc1ccc(OC)c(S(=O)(=O)Nc2ccncc2)c1. The first-order valence-corrected chi connectivity index (χ1v) is 7.79. The molecule has 0 fully saturated rings. The predicted octanol–water partition coefficient (Wildman–Crippen LogP) is 1.61. The van der Waals surface area contributed by atoms with Crippen LogP contribution in [-0.2, 0) is 16.6 Å². The summed E-state index contributed by atoms with van der Waals surface area (Å²) >= 11 is 0. The Morgan fingerprint density at radius 3 is 2.52 bits per heavy atom. The highest BCUT2D eigenvalue weighted by Crippen LogP contribution is 2.26. The summed E-state index contributed by atoms with van der Waals surface area (Å²) < 4.78 is 32.7. The molecule has 7 heteroatoms. The summed E-state index contributed by atoms with van der Waals surface area (Å²) in [4.78, 5) is 3.96. The molecule has 2 rings (SSSR count). The lowest BCUT2D eigenvalue weighted by Crippen LogP contribution is -2.15. The van der Waals surface area contributed by atoms with E-state index in [1.54, 1.807) is 31.3 Å². The van der Waals surface area contributed by atoms with Gasteiger partial charge >= 0.3 is 0 Å². The summed E-state index contributed by atoms with van der Waals surface area (Å²) in [5.74, 6) is 0.302. The second-order valence-corrected chi connectivity index (χ2v) is 6.01. The quantitative estimate of drug-likeness (QED) is 0.847. The van der Waals surface area contributed by atoms with Crippen LogP contribution < -0.4 is 14.8 Å². The van der Waals surface area contributed by atoms with Gasteiger partial charge in [0.2, 0.25) is 0 Å². The smallest absolute Gasteiger partial charge is 0.265 e. The van der Waals surface area contributed by atoms with Gasteiger partial charge in [0.1, 0.15) is 10.6 Å². The van der Waals surface area contributed by atoms with Crippen LogP contribution in [-0.4, -0.2) is 27.6 Å². The molecule has 0 spiro atoms. The fraction of sp³-hybridized carbons (Fsp3) is 0.214. The number of hydrogen-bond acceptors (Lipinski definition) is 5. The number of methoxy groups -OCH3 is 1. The van der Waals surface area contributed by atoms with E-state index >= 15 is 0 Å². The lowest BCUT2D eigenvalue weighted by molar-refractivity contribution is 0.402. The summed E-state index contributed by atoms with van der Waals surface area (Å²) in [5, 5.41) is 2.99. The Hall–Kier alpha value is -2.12. The maximum atomic E-state index is 12.5. The molecule has 0 saturated carbocycles. The average molecular weight is 307 g/mol. The third kappa shape index (κ3) is 3.71. The van der Waals surface area contributed by atoms with E-state index in [0.29, 0.717) is 18.0 Å². The minimum atomic E-state index is -3.73. The number of benzene rings is 1. The summed E-state index contributed by atoms with van der Waals surface area (Å²) in [5.41, 5.74) is 1.31. The van der Waals surface area contributed by atoms with E-state index in [9.17, 15) is 8.42 Å². The van der Waals surface area contributed by atoms with Gasteiger partial charge in [0.15, 0.2) is 0 Å². The minimum Gasteiger partial charge on any atom is -0.495 e. The Morgan fingerprint density at radius 1 is 1.19 bits per heavy atom. The van der Waals surface area contributed by atoms with Crippen molar-refractivity contribution < 1.29 is 13.2 Å². The number of hydrogen-bond donors (Lipinski definition) is 2. The number of sulfonamides is 1. The van der Waals surface area contributed by atoms with Crippen LogP contribution in [0.25, 0.3) is 0 Å². The Bertz CT molecular complexity index is 703. The number of nitrogens with zero attached hydrogens (tertiary/aromatic N) is 1. The number of ether oxygens (including phenoxy) is 1. The molecule has 0 aliphatic carbocycles. The molecule has 112 valence electrons. The van der Waals surface area contributed by atoms with E-state index in [1.165, 1.54) is 19.5 Å². The van der Waals surface area contributed by atoms with E-state index in [2.05, 4.69) is 15.0 Å². The van der Waals surface area contributed by atoms with E-state index in [-0.39, 0.29) is 4.90 Å². The first-order valence-electron chi connectivity index (χ1n) is 6.31. The third-order valence-electron chi connectivity index (χ3n) is 2.83. The van der Waals surface area contributed by atoms with Gasteiger partial charge in [-0.3, -0.25) is 9.71 Å². The molecule has 1 aromatic heterocycles. The van der Waals surface area contributed by atoms with Crippen molar-refractivity contribution >= 4 is 15.7 Å². The first kappa shape index (κ1) is 15.3. The Kier molecular flexibility index (Phi) is 4.77. The van der Waals surface area contributed by atoms with Gasteiger partial charge in [0.25, 0.3) is 10.0 Å². The van der Waals surface area contributed by atoms with Crippen LogP contribution in [0.5, 0.6) is 5.75 Å². The normalized spacial score (nSPS) is 11.1. The molecule has 2 aromatic rings. The zero-order valence-electron chi connectivity index (χ0n) is 11.8. The van der Waals surface area contributed by atoms with Crippen molar-refractivity contribution in [1.82, 2.24) is 10.3 Å². The molecule has 2 N–H and O–H groups in total. The second kappa shape index (κ2) is 6.55. The standard InChI is InChI=1S/C14H17N3O3S/c1-15-10-11-3-4-13(20-2)14(9-11)21(18,19)17-12-5-7-16-8-6-12/h3-9,15H,10H2,1-2H3,(H,16,17). The highest BCUT2D eigenvalue weighted by molar-refractivity contribution is 7.92. The number of pyridine rings is 1. The van der Waals surface area contributed by atoms with Crippen LogP contribution in [0.3, 0.4) is 0 Å². The van der Waals surface area contributed by atoms with Crippen LogP contribution in [0.1, 0.15) is 5.56 Å². The predicted molar refractivity (Wildman–Crippen MR) is 80.8 cm³/mol. The molecule has 1 aromatic carbocycles. The fourth-order valence-electron chi connectivity index (χ4n) is 1.88. The molecular weight excluding hydrogens is 290 g/mol. The van der Waals surface area contributed by atoms with Crippen molar-refractivity contribution in [2.75, 3.05) is 18.9 Å². The van der Waals surface area contributed by atoms with E-state index in [0.717, 1.165) is 5.56 Å².